The van der Waals surface area contributed by atoms with Gasteiger partial charge in [0.1, 0.15) is 11.4 Å². The normalized spacial score (nSPS) is 19.1. The van der Waals surface area contributed by atoms with Crippen LogP contribution in [0.5, 0.6) is 0 Å². The minimum absolute atomic E-state index is 0.109. The van der Waals surface area contributed by atoms with E-state index in [9.17, 15) is 14.0 Å². The van der Waals surface area contributed by atoms with E-state index in [1.807, 2.05) is 13.8 Å². The van der Waals surface area contributed by atoms with Crippen molar-refractivity contribution in [3.05, 3.63) is 40.7 Å². The quantitative estimate of drug-likeness (QED) is 0.433. The average molecular weight is 402 g/mol. The Balaban J connectivity index is 2.14. The molecule has 2 amide bonds. The van der Waals surface area contributed by atoms with Crippen LogP contribution < -0.4 is 4.90 Å². The smallest absolute Gasteiger partial charge is 0.265 e. The van der Waals surface area contributed by atoms with Crippen molar-refractivity contribution >= 4 is 46.5 Å². The van der Waals surface area contributed by atoms with Gasteiger partial charge in [-0.25, -0.2) is 4.39 Å². The maximum absolute atomic E-state index is 15.0. The van der Waals surface area contributed by atoms with Gasteiger partial charge in [0.05, 0.1) is 5.54 Å². The standard InChI is InChI=1S/C21H24FN3O2S/c1-7-25-17-10-16(22)13(8-14(17)12(2)11-21(25,3)4)9-15-18(26)23(5)20(28)24(6)19(15)27/h8-11H,7H2,1-6H3. The van der Waals surface area contributed by atoms with E-state index >= 15 is 0 Å². The zero-order valence-corrected chi connectivity index (χ0v) is 17.8. The van der Waals surface area contributed by atoms with E-state index in [1.54, 1.807) is 6.07 Å². The lowest BCUT2D eigenvalue weighted by molar-refractivity contribution is -0.132. The maximum atomic E-state index is 15.0. The van der Waals surface area contributed by atoms with E-state index < -0.39 is 17.6 Å². The van der Waals surface area contributed by atoms with Crippen LogP contribution in [0.4, 0.5) is 10.1 Å². The summed E-state index contributed by atoms with van der Waals surface area (Å²) in [7, 11) is 3.00. The minimum atomic E-state index is -0.534. The third-order valence-electron chi connectivity index (χ3n) is 5.36. The summed E-state index contributed by atoms with van der Waals surface area (Å²) >= 11 is 5.09. The molecule has 0 N–H and O–H groups in total. The molecule has 0 radical (unpaired) electrons. The van der Waals surface area contributed by atoms with Crippen molar-refractivity contribution in [2.24, 2.45) is 0 Å². The lowest BCUT2D eigenvalue weighted by atomic mass is 9.87. The number of thiocarbonyl (C=S) groups is 1. The number of nitrogens with zero attached hydrogens (tertiary/aromatic N) is 3. The number of rotatable bonds is 2. The monoisotopic (exact) mass is 401 g/mol. The zero-order valence-electron chi connectivity index (χ0n) is 17.0. The van der Waals surface area contributed by atoms with E-state index in [1.165, 1.54) is 36.0 Å². The number of hydrogen-bond acceptors (Lipinski definition) is 4. The van der Waals surface area contributed by atoms with Crippen LogP contribution in [0, 0.1) is 5.82 Å². The van der Waals surface area contributed by atoms with Crippen molar-refractivity contribution in [2.75, 3.05) is 25.5 Å². The summed E-state index contributed by atoms with van der Waals surface area (Å²) in [5.74, 6) is -1.54. The van der Waals surface area contributed by atoms with Gasteiger partial charge in [0.15, 0.2) is 5.11 Å². The molecule has 2 heterocycles. The van der Waals surface area contributed by atoms with E-state index in [4.69, 9.17) is 12.2 Å². The van der Waals surface area contributed by atoms with Gasteiger partial charge in [0, 0.05) is 37.5 Å². The third-order valence-corrected chi connectivity index (χ3v) is 5.90. The molecule has 0 bridgehead atoms. The second-order valence-corrected chi connectivity index (χ2v) is 8.05. The number of hydrogen-bond donors (Lipinski definition) is 0. The topological polar surface area (TPSA) is 43.9 Å². The van der Waals surface area contributed by atoms with Crippen molar-refractivity contribution in [1.82, 2.24) is 9.80 Å². The first-order valence-electron chi connectivity index (χ1n) is 9.12. The first-order chi connectivity index (χ1) is 13.0. The van der Waals surface area contributed by atoms with Gasteiger partial charge in [-0.1, -0.05) is 6.08 Å². The number of allylic oxidation sites excluding steroid dienone is 1. The Kier molecular flexibility index (Phi) is 4.91. The fourth-order valence-corrected chi connectivity index (χ4v) is 4.10. The van der Waals surface area contributed by atoms with Crippen LogP contribution in [0.1, 0.15) is 38.8 Å². The molecule has 0 spiro atoms. The van der Waals surface area contributed by atoms with Gasteiger partial charge in [-0.05, 0) is 63.7 Å². The number of halogens is 1. The molecule has 1 aromatic carbocycles. The molecule has 1 aromatic rings. The Labute approximate surface area is 170 Å². The van der Waals surface area contributed by atoms with Gasteiger partial charge in [0.2, 0.25) is 0 Å². The van der Waals surface area contributed by atoms with Crippen LogP contribution in [0.25, 0.3) is 11.6 Å². The van der Waals surface area contributed by atoms with E-state index in [0.29, 0.717) is 0 Å². The zero-order chi connectivity index (χ0) is 21.0. The number of anilines is 1. The molecule has 5 nitrogen and oxygen atoms in total. The molecule has 0 aliphatic carbocycles. The highest BCUT2D eigenvalue weighted by atomic mass is 32.1. The van der Waals surface area contributed by atoms with Crippen LogP contribution in [0.15, 0.2) is 23.8 Å². The molecular formula is C21H24FN3O2S. The van der Waals surface area contributed by atoms with E-state index in [2.05, 4.69) is 24.8 Å². The Morgan fingerprint density at radius 1 is 1.14 bits per heavy atom. The highest BCUT2D eigenvalue weighted by molar-refractivity contribution is 7.80. The van der Waals surface area contributed by atoms with Gasteiger partial charge >= 0.3 is 0 Å². The molecule has 3 rings (SSSR count). The fourth-order valence-electron chi connectivity index (χ4n) is 3.93. The minimum Gasteiger partial charge on any atom is -0.363 e. The molecule has 1 fully saturated rings. The van der Waals surface area contributed by atoms with Gasteiger partial charge < -0.3 is 4.90 Å². The molecule has 0 atom stereocenters. The average Bonchev–Trinajstić information content (AvgIpc) is 2.62. The number of fused-ring (bicyclic) bond motifs is 1. The Bertz CT molecular complexity index is 939. The lowest BCUT2D eigenvalue weighted by Gasteiger charge is -2.43. The van der Waals surface area contributed by atoms with E-state index in [-0.39, 0.29) is 21.8 Å². The van der Waals surface area contributed by atoms with Crippen molar-refractivity contribution < 1.29 is 14.0 Å². The van der Waals surface area contributed by atoms with Crippen LogP contribution in [0.3, 0.4) is 0 Å². The second kappa shape index (κ2) is 6.81. The molecule has 2 aliphatic rings. The summed E-state index contributed by atoms with van der Waals surface area (Å²) in [5.41, 5.74) is 2.60. The predicted molar refractivity (Wildman–Crippen MR) is 113 cm³/mol. The summed E-state index contributed by atoms with van der Waals surface area (Å²) in [4.78, 5) is 29.6. The number of benzene rings is 1. The summed E-state index contributed by atoms with van der Waals surface area (Å²) in [6.07, 6.45) is 3.46. The second-order valence-electron chi connectivity index (χ2n) is 7.69. The van der Waals surface area contributed by atoms with Crippen LogP contribution >= 0.6 is 12.2 Å². The summed E-state index contributed by atoms with van der Waals surface area (Å²) in [6, 6.07) is 3.19. The number of carbonyl (C=O) groups excluding carboxylic acids is 2. The van der Waals surface area contributed by atoms with E-state index in [0.717, 1.165) is 23.4 Å². The molecule has 7 heteroatoms. The van der Waals surface area contributed by atoms with Gasteiger partial charge in [0.25, 0.3) is 11.8 Å². The molecular weight excluding hydrogens is 377 g/mol. The molecule has 1 saturated heterocycles. The lowest BCUT2D eigenvalue weighted by Crippen LogP contribution is -2.52. The largest absolute Gasteiger partial charge is 0.363 e. The fraction of sp³-hybridized carbons (Fsp3) is 0.381. The van der Waals surface area contributed by atoms with Gasteiger partial charge in [-0.3, -0.25) is 19.4 Å². The van der Waals surface area contributed by atoms with Gasteiger partial charge in [-0.2, -0.15) is 0 Å². The van der Waals surface area contributed by atoms with Crippen molar-refractivity contribution in [3.63, 3.8) is 0 Å². The molecule has 2 aliphatic heterocycles. The van der Waals surface area contributed by atoms with Crippen molar-refractivity contribution in [1.29, 1.82) is 0 Å². The molecule has 28 heavy (non-hydrogen) atoms. The predicted octanol–water partition coefficient (Wildman–Crippen LogP) is 3.45. The van der Waals surface area contributed by atoms with Crippen molar-refractivity contribution in [2.45, 2.75) is 33.2 Å². The Hall–Kier alpha value is -2.54. The van der Waals surface area contributed by atoms with Gasteiger partial charge in [-0.15, -0.1) is 0 Å². The number of likely N-dealkylation sites (N-methyl/N-ethyl adjacent to an activating group) is 3. The third kappa shape index (κ3) is 3.03. The molecule has 148 valence electrons. The molecule has 0 aromatic heterocycles. The molecule has 0 saturated carbocycles. The number of amides is 2. The SMILES string of the molecule is CCN1c2cc(F)c(C=C3C(=O)N(C)C(=S)N(C)C3=O)cc2C(C)=CC1(C)C. The summed E-state index contributed by atoms with van der Waals surface area (Å²) in [6.45, 7) is 8.92. The Morgan fingerprint density at radius 2 is 1.71 bits per heavy atom. The Morgan fingerprint density at radius 3 is 2.25 bits per heavy atom. The van der Waals surface area contributed by atoms with Crippen LogP contribution in [-0.2, 0) is 9.59 Å². The first-order valence-corrected chi connectivity index (χ1v) is 9.53. The summed E-state index contributed by atoms with van der Waals surface area (Å²) < 4.78 is 15.0. The summed E-state index contributed by atoms with van der Waals surface area (Å²) in [5, 5.41) is 0.123. The van der Waals surface area contributed by atoms with Crippen molar-refractivity contribution in [3.8, 4) is 0 Å². The number of carbonyl (C=O) groups is 2. The van der Waals surface area contributed by atoms with Crippen LogP contribution in [-0.4, -0.2) is 52.9 Å². The van der Waals surface area contributed by atoms with Crippen LogP contribution in [0.2, 0.25) is 0 Å². The highest BCUT2D eigenvalue weighted by Gasteiger charge is 2.36. The maximum Gasteiger partial charge on any atom is 0.265 e. The first kappa shape index (κ1) is 20.2. The molecule has 0 unspecified atom stereocenters. The highest BCUT2D eigenvalue weighted by Crippen LogP contribution is 2.40.